The SMILES string of the molecule is CS(=O)(=O)N1CCN(c2ccc(NC(=O)c3ccccc3I)cc2)CC1. The van der Waals surface area contributed by atoms with Gasteiger partial charge in [-0.3, -0.25) is 4.79 Å². The largest absolute Gasteiger partial charge is 0.369 e. The number of piperazine rings is 1. The molecule has 2 aromatic rings. The first-order valence-corrected chi connectivity index (χ1v) is 11.1. The number of hydrogen-bond acceptors (Lipinski definition) is 4. The summed E-state index contributed by atoms with van der Waals surface area (Å²) in [6.07, 6.45) is 1.24. The molecule has 1 saturated heterocycles. The van der Waals surface area contributed by atoms with Crippen LogP contribution in [0.4, 0.5) is 11.4 Å². The highest BCUT2D eigenvalue weighted by Crippen LogP contribution is 2.21. The number of halogens is 1. The van der Waals surface area contributed by atoms with Crippen LogP contribution in [0.1, 0.15) is 10.4 Å². The molecular formula is C18H20IN3O3S. The second-order valence-electron chi connectivity index (χ2n) is 6.13. The molecule has 138 valence electrons. The smallest absolute Gasteiger partial charge is 0.256 e. The van der Waals surface area contributed by atoms with Gasteiger partial charge in [0.2, 0.25) is 10.0 Å². The van der Waals surface area contributed by atoms with Crippen LogP contribution in [-0.2, 0) is 10.0 Å². The summed E-state index contributed by atoms with van der Waals surface area (Å²) in [6.45, 7) is 2.29. The fraction of sp³-hybridized carbons (Fsp3) is 0.278. The summed E-state index contributed by atoms with van der Waals surface area (Å²) in [5.74, 6) is -0.135. The fourth-order valence-corrected chi connectivity index (χ4v) is 4.34. The zero-order valence-electron chi connectivity index (χ0n) is 14.4. The van der Waals surface area contributed by atoms with Gasteiger partial charge in [-0.1, -0.05) is 12.1 Å². The number of hydrogen-bond donors (Lipinski definition) is 1. The van der Waals surface area contributed by atoms with Crippen molar-refractivity contribution in [2.75, 3.05) is 42.7 Å². The van der Waals surface area contributed by atoms with E-state index < -0.39 is 10.0 Å². The normalized spacial score (nSPS) is 15.7. The summed E-state index contributed by atoms with van der Waals surface area (Å²) in [6, 6.07) is 15.1. The van der Waals surface area contributed by atoms with Crippen LogP contribution in [0.25, 0.3) is 0 Å². The lowest BCUT2D eigenvalue weighted by Gasteiger charge is -2.34. The summed E-state index contributed by atoms with van der Waals surface area (Å²) >= 11 is 2.15. The van der Waals surface area contributed by atoms with Gasteiger partial charge in [0.15, 0.2) is 0 Å². The van der Waals surface area contributed by atoms with Gasteiger partial charge in [-0.15, -0.1) is 0 Å². The average Bonchev–Trinajstić information content (AvgIpc) is 2.62. The minimum Gasteiger partial charge on any atom is -0.369 e. The van der Waals surface area contributed by atoms with Crippen molar-refractivity contribution in [3.05, 3.63) is 57.7 Å². The molecule has 0 aliphatic carbocycles. The standard InChI is InChI=1S/C18H20IN3O3S/c1-26(24,25)22-12-10-21(11-13-22)15-8-6-14(7-9-15)20-18(23)16-4-2-3-5-17(16)19/h2-9H,10-13H2,1H3,(H,20,23). The van der Waals surface area contributed by atoms with Gasteiger partial charge < -0.3 is 10.2 Å². The highest BCUT2D eigenvalue weighted by Gasteiger charge is 2.23. The Hall–Kier alpha value is -1.65. The molecule has 0 bridgehead atoms. The van der Waals surface area contributed by atoms with Crippen molar-refractivity contribution < 1.29 is 13.2 Å². The summed E-state index contributed by atoms with van der Waals surface area (Å²) in [5, 5.41) is 2.91. The lowest BCUT2D eigenvalue weighted by atomic mass is 10.2. The van der Waals surface area contributed by atoms with E-state index in [0.717, 1.165) is 14.9 Å². The van der Waals surface area contributed by atoms with E-state index in [9.17, 15) is 13.2 Å². The van der Waals surface area contributed by atoms with Crippen molar-refractivity contribution in [2.24, 2.45) is 0 Å². The van der Waals surface area contributed by atoms with E-state index in [2.05, 4.69) is 32.8 Å². The van der Waals surface area contributed by atoms with Gasteiger partial charge in [0, 0.05) is 41.1 Å². The quantitative estimate of drug-likeness (QED) is 0.677. The number of amides is 1. The zero-order valence-corrected chi connectivity index (χ0v) is 17.3. The average molecular weight is 485 g/mol. The Morgan fingerprint density at radius 2 is 1.62 bits per heavy atom. The van der Waals surface area contributed by atoms with Crippen LogP contribution in [0.5, 0.6) is 0 Å². The Morgan fingerprint density at radius 1 is 1.00 bits per heavy atom. The molecule has 26 heavy (non-hydrogen) atoms. The molecule has 1 fully saturated rings. The van der Waals surface area contributed by atoms with Crippen LogP contribution in [0.2, 0.25) is 0 Å². The first-order chi connectivity index (χ1) is 12.3. The second kappa shape index (κ2) is 7.93. The molecule has 0 unspecified atom stereocenters. The molecule has 1 aliphatic rings. The van der Waals surface area contributed by atoms with Gasteiger partial charge in [-0.05, 0) is 59.0 Å². The van der Waals surface area contributed by atoms with Crippen LogP contribution in [0.15, 0.2) is 48.5 Å². The van der Waals surface area contributed by atoms with E-state index in [0.29, 0.717) is 31.7 Å². The summed E-state index contributed by atoms with van der Waals surface area (Å²) in [5.41, 5.74) is 2.40. The molecule has 1 amide bonds. The highest BCUT2D eigenvalue weighted by atomic mass is 127. The van der Waals surface area contributed by atoms with Crippen molar-refractivity contribution in [3.8, 4) is 0 Å². The van der Waals surface area contributed by atoms with E-state index in [1.165, 1.54) is 10.6 Å². The number of anilines is 2. The highest BCUT2D eigenvalue weighted by molar-refractivity contribution is 14.1. The van der Waals surface area contributed by atoms with Gasteiger partial charge in [-0.25, -0.2) is 8.42 Å². The molecule has 0 saturated carbocycles. The number of sulfonamides is 1. The van der Waals surface area contributed by atoms with Crippen LogP contribution >= 0.6 is 22.6 Å². The molecule has 0 aromatic heterocycles. The Bertz CT molecular complexity index is 892. The molecule has 3 rings (SSSR count). The van der Waals surface area contributed by atoms with Crippen LogP contribution < -0.4 is 10.2 Å². The van der Waals surface area contributed by atoms with Crippen LogP contribution in [0.3, 0.4) is 0 Å². The number of nitrogens with one attached hydrogen (secondary N) is 1. The molecule has 0 spiro atoms. The summed E-state index contributed by atoms with van der Waals surface area (Å²) in [4.78, 5) is 14.5. The molecule has 1 heterocycles. The molecule has 0 radical (unpaired) electrons. The first-order valence-electron chi connectivity index (χ1n) is 8.20. The molecule has 1 aliphatic heterocycles. The number of nitrogens with zero attached hydrogens (tertiary/aromatic N) is 2. The molecule has 1 N–H and O–H groups in total. The van der Waals surface area contributed by atoms with Gasteiger partial charge in [0.25, 0.3) is 5.91 Å². The maximum absolute atomic E-state index is 12.4. The van der Waals surface area contributed by atoms with E-state index in [4.69, 9.17) is 0 Å². The van der Waals surface area contributed by atoms with Crippen molar-refractivity contribution in [1.29, 1.82) is 0 Å². The van der Waals surface area contributed by atoms with Crippen LogP contribution in [-0.4, -0.2) is 51.1 Å². The first kappa shape index (κ1) is 19.1. The van der Waals surface area contributed by atoms with Crippen molar-refractivity contribution in [1.82, 2.24) is 4.31 Å². The van der Waals surface area contributed by atoms with Crippen molar-refractivity contribution in [3.63, 3.8) is 0 Å². The number of carbonyl (C=O) groups is 1. The topological polar surface area (TPSA) is 69.7 Å². The van der Waals surface area contributed by atoms with Crippen LogP contribution in [0, 0.1) is 3.57 Å². The lowest BCUT2D eigenvalue weighted by molar-refractivity contribution is 0.102. The minimum atomic E-state index is -3.12. The second-order valence-corrected chi connectivity index (χ2v) is 9.27. The van der Waals surface area contributed by atoms with E-state index in [1.54, 1.807) is 6.07 Å². The molecule has 6 nitrogen and oxygen atoms in total. The minimum absolute atomic E-state index is 0.135. The Kier molecular flexibility index (Phi) is 5.83. The summed E-state index contributed by atoms with van der Waals surface area (Å²) in [7, 11) is -3.12. The maximum atomic E-state index is 12.4. The number of carbonyl (C=O) groups excluding carboxylic acids is 1. The third kappa shape index (κ3) is 4.54. The van der Waals surface area contributed by atoms with Crippen molar-refractivity contribution >= 4 is 49.9 Å². The van der Waals surface area contributed by atoms with E-state index in [-0.39, 0.29) is 5.91 Å². The third-order valence-corrected chi connectivity index (χ3v) is 6.56. The molecule has 2 aromatic carbocycles. The predicted octanol–water partition coefficient (Wildman–Crippen LogP) is 2.63. The van der Waals surface area contributed by atoms with E-state index in [1.807, 2.05) is 42.5 Å². The lowest BCUT2D eigenvalue weighted by Crippen LogP contribution is -2.48. The van der Waals surface area contributed by atoms with Gasteiger partial charge >= 0.3 is 0 Å². The van der Waals surface area contributed by atoms with E-state index >= 15 is 0 Å². The van der Waals surface area contributed by atoms with Gasteiger partial charge in [-0.2, -0.15) is 4.31 Å². The fourth-order valence-electron chi connectivity index (χ4n) is 2.88. The summed E-state index contributed by atoms with van der Waals surface area (Å²) < 4.78 is 25.6. The molecular weight excluding hydrogens is 465 g/mol. The number of benzene rings is 2. The predicted molar refractivity (Wildman–Crippen MR) is 112 cm³/mol. The van der Waals surface area contributed by atoms with Gasteiger partial charge in [0.1, 0.15) is 0 Å². The number of rotatable bonds is 4. The maximum Gasteiger partial charge on any atom is 0.256 e. The van der Waals surface area contributed by atoms with Gasteiger partial charge in [0.05, 0.1) is 11.8 Å². The molecule has 0 atom stereocenters. The Labute approximate surface area is 167 Å². The Morgan fingerprint density at radius 3 is 2.19 bits per heavy atom. The monoisotopic (exact) mass is 485 g/mol. The third-order valence-electron chi connectivity index (χ3n) is 4.32. The van der Waals surface area contributed by atoms with Crippen molar-refractivity contribution in [2.45, 2.75) is 0 Å². The zero-order chi connectivity index (χ0) is 18.7. The Balaban J connectivity index is 1.63. The molecule has 8 heteroatoms.